The minimum absolute atomic E-state index is 0.119. The van der Waals surface area contributed by atoms with Gasteiger partial charge >= 0.3 is 0 Å². The van der Waals surface area contributed by atoms with Crippen molar-refractivity contribution in [1.29, 1.82) is 0 Å². The smallest absolute Gasteiger partial charge is 0.284 e. The summed E-state index contributed by atoms with van der Waals surface area (Å²) in [7, 11) is 0. The van der Waals surface area contributed by atoms with Crippen LogP contribution in [0.1, 0.15) is 84.5 Å². The molecule has 0 aromatic rings. The normalized spacial score (nSPS) is 35.9. The lowest BCUT2D eigenvalue weighted by Gasteiger charge is -2.31. The van der Waals surface area contributed by atoms with Crippen LogP contribution in [-0.2, 0) is 0 Å². The Kier molecular flexibility index (Phi) is 7.28. The fourth-order valence-electron chi connectivity index (χ4n) is 5.95. The summed E-state index contributed by atoms with van der Waals surface area (Å²) in [5.41, 5.74) is 2.38. The second-order valence-electron chi connectivity index (χ2n) is 10.5. The first kappa shape index (κ1) is 23.3. The molecule has 3 aliphatic rings. The second-order valence-corrected chi connectivity index (χ2v) is 10.5. The molecule has 0 saturated heterocycles. The number of aliphatic hydroxyl groups is 3. The minimum atomic E-state index is -0.642. The van der Waals surface area contributed by atoms with Crippen LogP contribution < -0.4 is 0 Å². The van der Waals surface area contributed by atoms with Crippen LogP contribution in [0.15, 0.2) is 35.5 Å². The summed E-state index contributed by atoms with van der Waals surface area (Å²) < 4.78 is 0. The molecular weight excluding hydrogens is 374 g/mol. The van der Waals surface area contributed by atoms with Gasteiger partial charge in [-0.3, -0.25) is 0 Å². The van der Waals surface area contributed by atoms with Crippen molar-refractivity contribution >= 4 is 0 Å². The van der Waals surface area contributed by atoms with Crippen LogP contribution >= 0.6 is 0 Å². The van der Waals surface area contributed by atoms with Crippen molar-refractivity contribution in [3.05, 3.63) is 40.3 Å². The largest absolute Gasteiger partial charge is 0.390 e. The second kappa shape index (κ2) is 9.39. The minimum Gasteiger partial charge on any atom is -0.390 e. The van der Waals surface area contributed by atoms with Crippen LogP contribution in [0.3, 0.4) is 0 Å². The van der Waals surface area contributed by atoms with Crippen LogP contribution in [0.4, 0.5) is 0 Å². The Balaban J connectivity index is 1.67. The molecule has 4 heteroatoms. The van der Waals surface area contributed by atoms with Gasteiger partial charge < -0.3 is 15.3 Å². The zero-order chi connectivity index (χ0) is 21.9. The van der Waals surface area contributed by atoms with Crippen LogP contribution in [-0.4, -0.2) is 38.7 Å². The number of rotatable bonds is 6. The fourth-order valence-corrected chi connectivity index (χ4v) is 5.95. The van der Waals surface area contributed by atoms with Crippen LogP contribution in [0.5, 0.6) is 0 Å². The summed E-state index contributed by atoms with van der Waals surface area (Å²) >= 11 is 0. The van der Waals surface area contributed by atoms with Crippen molar-refractivity contribution in [2.24, 2.45) is 11.8 Å². The molecule has 4 nitrogen and oxygen atoms in total. The molecule has 0 aliphatic heterocycles. The molecule has 0 unspecified atom stereocenters. The molecule has 3 fully saturated rings. The van der Waals surface area contributed by atoms with E-state index in [1.165, 1.54) is 18.4 Å². The average molecular weight is 415 g/mol. The molecule has 0 amide bonds. The van der Waals surface area contributed by atoms with E-state index in [0.29, 0.717) is 30.3 Å². The van der Waals surface area contributed by atoms with E-state index in [9.17, 15) is 15.3 Å². The van der Waals surface area contributed by atoms with Crippen molar-refractivity contribution in [2.75, 3.05) is 0 Å². The lowest BCUT2D eigenvalue weighted by Crippen LogP contribution is -2.34. The molecule has 3 aliphatic carbocycles. The molecule has 0 spiro atoms. The van der Waals surface area contributed by atoms with E-state index in [0.717, 1.165) is 50.5 Å². The third-order valence-electron chi connectivity index (χ3n) is 7.73. The number of allylic oxidation sites excluding steroid dienone is 3. The predicted octanol–water partition coefficient (Wildman–Crippen LogP) is 5.15. The molecule has 0 heterocycles. The molecule has 0 aromatic heterocycles. The highest BCUT2D eigenvalue weighted by Crippen LogP contribution is 2.54. The average Bonchev–Trinajstić information content (AvgIpc) is 3.07. The van der Waals surface area contributed by atoms with E-state index in [1.807, 2.05) is 13.8 Å². The number of unbranched alkanes of at least 4 members (excludes halogenated alkanes) is 1. The third kappa shape index (κ3) is 5.25. The topological polar surface area (TPSA) is 65.0 Å². The maximum absolute atomic E-state index is 10.1. The summed E-state index contributed by atoms with van der Waals surface area (Å²) in [6.07, 6.45) is 13.7. The maximum atomic E-state index is 10.1. The Morgan fingerprint density at radius 3 is 2.50 bits per heavy atom. The first-order chi connectivity index (χ1) is 14.1. The van der Waals surface area contributed by atoms with Gasteiger partial charge in [-0.05, 0) is 76.7 Å². The van der Waals surface area contributed by atoms with E-state index in [2.05, 4.69) is 23.6 Å². The number of aliphatic hydroxyl groups excluding tert-OH is 2. The zero-order valence-corrected chi connectivity index (χ0v) is 18.8. The van der Waals surface area contributed by atoms with E-state index in [4.69, 9.17) is 6.57 Å². The predicted molar refractivity (Wildman–Crippen MR) is 122 cm³/mol. The van der Waals surface area contributed by atoms with Gasteiger partial charge in [-0.1, -0.05) is 41.1 Å². The lowest BCUT2D eigenvalue weighted by molar-refractivity contribution is 0.0673. The van der Waals surface area contributed by atoms with Gasteiger partial charge in [0, 0.05) is 18.8 Å². The molecular formula is C26H40NO3+. The molecule has 3 N–H and O–H groups in total. The van der Waals surface area contributed by atoms with Gasteiger partial charge in [0.15, 0.2) is 0 Å². The molecule has 5 atom stereocenters. The van der Waals surface area contributed by atoms with Gasteiger partial charge in [0.1, 0.15) is 0 Å². The highest BCUT2D eigenvalue weighted by molar-refractivity contribution is 5.30. The van der Waals surface area contributed by atoms with Gasteiger partial charge in [0.2, 0.25) is 0 Å². The van der Waals surface area contributed by atoms with E-state index < -0.39 is 17.8 Å². The Labute approximate surface area is 182 Å². The van der Waals surface area contributed by atoms with Crippen molar-refractivity contribution in [3.63, 3.8) is 0 Å². The SMILES string of the molecule is C#[N+][C@]1(CCCCC(C)(C)O)CC[C@H]2/C(=C/C=C3C[C@@H](O)C(=C)[C@H](O)C3)CCC[C@@H]21. The molecule has 0 aromatic carbocycles. The Hall–Kier alpha value is -1.41. The summed E-state index contributed by atoms with van der Waals surface area (Å²) in [4.78, 5) is 4.47. The van der Waals surface area contributed by atoms with E-state index in [-0.39, 0.29) is 5.54 Å². The van der Waals surface area contributed by atoms with Gasteiger partial charge in [0.05, 0.1) is 17.8 Å². The Bertz CT molecular complexity index is 722. The zero-order valence-electron chi connectivity index (χ0n) is 18.8. The summed E-state index contributed by atoms with van der Waals surface area (Å²) in [6, 6.07) is 0. The molecule has 3 saturated carbocycles. The molecule has 0 radical (unpaired) electrons. The third-order valence-corrected chi connectivity index (χ3v) is 7.73. The van der Waals surface area contributed by atoms with Crippen LogP contribution in [0.2, 0.25) is 0 Å². The quantitative estimate of drug-likeness (QED) is 0.416. The molecule has 0 bridgehead atoms. The molecule has 166 valence electrons. The van der Waals surface area contributed by atoms with Crippen molar-refractivity contribution in [3.8, 4) is 6.57 Å². The number of hydrogen-bond acceptors (Lipinski definition) is 3. The maximum Gasteiger partial charge on any atom is 0.284 e. The lowest BCUT2D eigenvalue weighted by atomic mass is 9.70. The monoisotopic (exact) mass is 414 g/mol. The van der Waals surface area contributed by atoms with Crippen molar-refractivity contribution in [2.45, 2.75) is 108 Å². The van der Waals surface area contributed by atoms with Crippen molar-refractivity contribution < 1.29 is 15.3 Å². The summed E-state index contributed by atoms with van der Waals surface area (Å²) in [6.45, 7) is 13.5. The standard InChI is InChI=1S/C26H40NO3/c1-18-23(28)16-19(17-24(18)29)10-11-20-8-7-9-22-21(20)12-15-26(22,27-4)14-6-5-13-25(2,3)30/h4,10-11,21-24,28-30H,1,5-9,12-17H2,2-3H3/q+1/b20-11+/t21-,22-,23+,24+,26+/m0/s1. The van der Waals surface area contributed by atoms with Crippen LogP contribution in [0.25, 0.3) is 4.85 Å². The van der Waals surface area contributed by atoms with E-state index >= 15 is 0 Å². The molecule has 3 rings (SSSR count). The Morgan fingerprint density at radius 1 is 1.17 bits per heavy atom. The first-order valence-corrected chi connectivity index (χ1v) is 11.7. The summed E-state index contributed by atoms with van der Waals surface area (Å²) in [5.74, 6) is 1.04. The van der Waals surface area contributed by atoms with Crippen LogP contribution in [0, 0.1) is 18.4 Å². The number of nitrogens with zero attached hydrogens (tertiary/aromatic N) is 1. The summed E-state index contributed by atoms with van der Waals surface area (Å²) in [5, 5.41) is 30.2. The van der Waals surface area contributed by atoms with Gasteiger partial charge in [0.25, 0.3) is 12.1 Å². The number of fused-ring (bicyclic) bond motifs is 1. The van der Waals surface area contributed by atoms with Crippen molar-refractivity contribution in [1.82, 2.24) is 0 Å². The first-order valence-electron chi connectivity index (χ1n) is 11.7. The highest BCUT2D eigenvalue weighted by atomic mass is 16.3. The van der Waals surface area contributed by atoms with E-state index in [1.54, 1.807) is 0 Å². The van der Waals surface area contributed by atoms with Gasteiger partial charge in [-0.2, -0.15) is 0 Å². The van der Waals surface area contributed by atoms with Gasteiger partial charge in [-0.15, -0.1) is 0 Å². The molecule has 30 heavy (non-hydrogen) atoms. The highest BCUT2D eigenvalue weighted by Gasteiger charge is 2.57. The fraction of sp³-hybridized carbons (Fsp3) is 0.731. The number of hydrogen-bond donors (Lipinski definition) is 3. The van der Waals surface area contributed by atoms with Gasteiger partial charge in [-0.25, -0.2) is 0 Å². The Morgan fingerprint density at radius 2 is 1.87 bits per heavy atom.